The minimum Gasteiger partial charge on any atom is -0.215 e. The number of alkyl halides is 1. The van der Waals surface area contributed by atoms with Gasteiger partial charge in [-0.2, -0.15) is 0 Å². The molecule has 0 spiro atoms. The quantitative estimate of drug-likeness (QED) is 0.705. The van der Waals surface area contributed by atoms with E-state index in [9.17, 15) is 16.8 Å². The zero-order valence-corrected chi connectivity index (χ0v) is 12.8. The highest BCUT2D eigenvalue weighted by atomic mass is 79.9. The van der Waals surface area contributed by atoms with Crippen LogP contribution >= 0.6 is 15.9 Å². The van der Waals surface area contributed by atoms with E-state index >= 15 is 0 Å². The number of hydrogen-bond acceptors (Lipinski definition) is 4. The first-order valence-corrected chi connectivity index (χ1v) is 9.85. The number of nitrogens with zero attached hydrogens (tertiary/aromatic N) is 1. The van der Waals surface area contributed by atoms with Crippen LogP contribution in [0.2, 0.25) is 0 Å². The van der Waals surface area contributed by atoms with Crippen LogP contribution in [-0.4, -0.2) is 51.7 Å². The Morgan fingerprint density at radius 3 is 2.53 bits per heavy atom. The second-order valence-corrected chi connectivity index (χ2v) is 9.31. The van der Waals surface area contributed by atoms with Crippen LogP contribution in [0.5, 0.6) is 0 Å². The number of hydrogen-bond donors (Lipinski definition) is 1. The van der Waals surface area contributed by atoms with Gasteiger partial charge in [0.05, 0.1) is 6.26 Å². The molecule has 1 rings (SSSR count). The Morgan fingerprint density at radius 2 is 2.00 bits per heavy atom. The third-order valence-corrected chi connectivity index (χ3v) is 6.47. The lowest BCUT2D eigenvalue weighted by atomic mass is 10.0. The predicted octanol–water partition coefficient (Wildman–Crippen LogP) is -0.0702. The van der Waals surface area contributed by atoms with Crippen LogP contribution in [0.25, 0.3) is 0 Å². The number of halogens is 1. The second kappa shape index (κ2) is 5.96. The minimum absolute atomic E-state index is 0.0484. The summed E-state index contributed by atoms with van der Waals surface area (Å²) in [6, 6.07) is 0. The Kier molecular flexibility index (Phi) is 5.39. The van der Waals surface area contributed by atoms with E-state index in [4.69, 9.17) is 0 Å². The molecule has 1 N–H and O–H groups in total. The minimum atomic E-state index is -3.24. The van der Waals surface area contributed by atoms with Crippen molar-refractivity contribution in [2.75, 3.05) is 30.6 Å². The molecule has 0 aromatic rings. The third-order valence-electron chi connectivity index (χ3n) is 2.65. The van der Waals surface area contributed by atoms with Crippen LogP contribution in [0, 0.1) is 5.92 Å². The first-order valence-electron chi connectivity index (χ1n) is 5.23. The van der Waals surface area contributed by atoms with E-state index in [-0.39, 0.29) is 10.6 Å². The van der Waals surface area contributed by atoms with Gasteiger partial charge in [0, 0.05) is 19.6 Å². The maximum Gasteiger partial charge on any atom is 0.224 e. The molecule has 1 saturated heterocycles. The molecule has 102 valence electrons. The molecule has 0 aromatic heterocycles. The maximum atomic E-state index is 11.6. The third kappa shape index (κ3) is 5.21. The fraction of sp³-hybridized carbons (Fsp3) is 1.00. The molecule has 1 unspecified atom stereocenters. The van der Waals surface area contributed by atoms with Crippen molar-refractivity contribution in [2.45, 2.75) is 12.8 Å². The summed E-state index contributed by atoms with van der Waals surface area (Å²) < 4.78 is 48.9. The molecule has 17 heavy (non-hydrogen) atoms. The molecule has 0 radical (unpaired) electrons. The standard InChI is InChI=1S/C8H17BrN2O4S2/c1-16(12,13)10-5-8-3-2-4-11(6-8)17(14,15)7-9/h8,10H,2-7H2,1H3. The van der Waals surface area contributed by atoms with Gasteiger partial charge in [0.15, 0.2) is 0 Å². The molecule has 0 aromatic carbocycles. The SMILES string of the molecule is CS(=O)(=O)NCC1CCCN(S(=O)(=O)CBr)C1. The highest BCUT2D eigenvalue weighted by Gasteiger charge is 2.28. The summed E-state index contributed by atoms with van der Waals surface area (Å²) in [5, 5.41) is 0. The molecule has 1 aliphatic rings. The Hall–Kier alpha value is 0.300. The van der Waals surface area contributed by atoms with Crippen LogP contribution in [0.1, 0.15) is 12.8 Å². The zero-order chi connectivity index (χ0) is 13.1. The Bertz CT molecular complexity index is 448. The summed E-state index contributed by atoms with van der Waals surface area (Å²) in [7, 11) is -6.44. The van der Waals surface area contributed by atoms with E-state index in [0.717, 1.165) is 19.1 Å². The Morgan fingerprint density at radius 1 is 1.35 bits per heavy atom. The van der Waals surface area contributed by atoms with Crippen LogP contribution in [0.4, 0.5) is 0 Å². The molecule has 1 aliphatic heterocycles. The van der Waals surface area contributed by atoms with Crippen molar-refractivity contribution >= 4 is 36.0 Å². The molecular weight excluding hydrogens is 332 g/mol. The van der Waals surface area contributed by atoms with Crippen molar-refractivity contribution in [2.24, 2.45) is 5.92 Å². The highest BCUT2D eigenvalue weighted by Crippen LogP contribution is 2.19. The molecule has 0 aliphatic carbocycles. The summed E-state index contributed by atoms with van der Waals surface area (Å²) in [5.74, 6) is 0.0484. The molecule has 1 fully saturated rings. The summed E-state index contributed by atoms with van der Waals surface area (Å²) in [6.45, 7) is 1.20. The smallest absolute Gasteiger partial charge is 0.215 e. The van der Waals surface area contributed by atoms with E-state index in [1.165, 1.54) is 4.31 Å². The van der Waals surface area contributed by atoms with Gasteiger partial charge < -0.3 is 0 Å². The zero-order valence-electron chi connectivity index (χ0n) is 9.59. The Balaban J connectivity index is 2.56. The van der Waals surface area contributed by atoms with Crippen molar-refractivity contribution in [1.82, 2.24) is 9.03 Å². The topological polar surface area (TPSA) is 83.6 Å². The lowest BCUT2D eigenvalue weighted by Gasteiger charge is -2.31. The first-order chi connectivity index (χ1) is 7.74. The van der Waals surface area contributed by atoms with Crippen LogP contribution in [0.15, 0.2) is 0 Å². The van der Waals surface area contributed by atoms with Crippen molar-refractivity contribution in [1.29, 1.82) is 0 Å². The molecule has 1 atom stereocenters. The lowest BCUT2D eigenvalue weighted by molar-refractivity contribution is 0.268. The molecule has 1 heterocycles. The fourth-order valence-corrected chi connectivity index (χ4v) is 4.17. The van der Waals surface area contributed by atoms with Gasteiger partial charge in [-0.3, -0.25) is 0 Å². The molecular formula is C8H17BrN2O4S2. The van der Waals surface area contributed by atoms with Crippen molar-refractivity contribution in [3.05, 3.63) is 0 Å². The van der Waals surface area contributed by atoms with E-state index in [0.29, 0.717) is 19.6 Å². The van der Waals surface area contributed by atoms with Crippen LogP contribution in [0.3, 0.4) is 0 Å². The maximum absolute atomic E-state index is 11.6. The largest absolute Gasteiger partial charge is 0.224 e. The fourth-order valence-electron chi connectivity index (χ4n) is 1.78. The van der Waals surface area contributed by atoms with Gasteiger partial charge in [-0.1, -0.05) is 15.9 Å². The van der Waals surface area contributed by atoms with Crippen molar-refractivity contribution in [3.63, 3.8) is 0 Å². The lowest BCUT2D eigenvalue weighted by Crippen LogP contribution is -2.43. The summed E-state index contributed by atoms with van der Waals surface area (Å²) in [4.78, 5) is 0. The van der Waals surface area contributed by atoms with Crippen molar-refractivity contribution in [3.8, 4) is 0 Å². The summed E-state index contributed by atoms with van der Waals surface area (Å²) in [6.07, 6.45) is 2.71. The number of nitrogens with one attached hydrogen (secondary N) is 1. The summed E-state index contributed by atoms with van der Waals surface area (Å²) >= 11 is 2.96. The van der Waals surface area contributed by atoms with E-state index < -0.39 is 20.0 Å². The monoisotopic (exact) mass is 348 g/mol. The number of piperidine rings is 1. The van der Waals surface area contributed by atoms with Crippen LogP contribution in [-0.2, 0) is 20.0 Å². The summed E-state index contributed by atoms with van der Waals surface area (Å²) in [5.41, 5.74) is 0. The first kappa shape index (κ1) is 15.4. The number of sulfonamides is 2. The average molecular weight is 349 g/mol. The van der Waals surface area contributed by atoms with Gasteiger partial charge >= 0.3 is 0 Å². The van der Waals surface area contributed by atoms with Gasteiger partial charge in [0.1, 0.15) is 4.66 Å². The molecule has 0 saturated carbocycles. The van der Waals surface area contributed by atoms with Gasteiger partial charge in [-0.05, 0) is 18.8 Å². The molecule has 0 bridgehead atoms. The highest BCUT2D eigenvalue weighted by molar-refractivity contribution is 9.10. The molecule has 6 nitrogen and oxygen atoms in total. The second-order valence-electron chi connectivity index (χ2n) is 4.21. The average Bonchev–Trinajstić information content (AvgIpc) is 2.26. The van der Waals surface area contributed by atoms with Gasteiger partial charge in [0.25, 0.3) is 0 Å². The molecule has 0 amide bonds. The van der Waals surface area contributed by atoms with E-state index in [1.54, 1.807) is 0 Å². The van der Waals surface area contributed by atoms with Gasteiger partial charge in [-0.15, -0.1) is 0 Å². The van der Waals surface area contributed by atoms with Gasteiger partial charge in [-0.25, -0.2) is 25.9 Å². The van der Waals surface area contributed by atoms with Gasteiger partial charge in [0.2, 0.25) is 20.0 Å². The predicted molar refractivity (Wildman–Crippen MR) is 69.9 cm³/mol. The number of rotatable bonds is 5. The van der Waals surface area contributed by atoms with Crippen molar-refractivity contribution < 1.29 is 16.8 Å². The Labute approximate surface area is 111 Å². The van der Waals surface area contributed by atoms with E-state index in [1.807, 2.05) is 0 Å². The molecule has 9 heteroatoms. The van der Waals surface area contributed by atoms with Crippen LogP contribution < -0.4 is 4.72 Å². The van der Waals surface area contributed by atoms with E-state index in [2.05, 4.69) is 20.7 Å². The normalized spacial score (nSPS) is 23.8.